The van der Waals surface area contributed by atoms with E-state index in [1.165, 1.54) is 24.6 Å². The normalized spacial score (nSPS) is 17.5. The molecule has 9 heteroatoms. The van der Waals surface area contributed by atoms with Crippen LogP contribution in [0.15, 0.2) is 47.4 Å². The van der Waals surface area contributed by atoms with E-state index in [9.17, 15) is 8.42 Å². The van der Waals surface area contributed by atoms with Gasteiger partial charge in [-0.2, -0.15) is 4.31 Å². The number of nitrogens with one attached hydrogen (secondary N) is 1. The number of piperazine rings is 1. The van der Waals surface area contributed by atoms with Gasteiger partial charge in [0.25, 0.3) is 0 Å². The molecule has 0 bridgehead atoms. The van der Waals surface area contributed by atoms with E-state index in [4.69, 9.17) is 14.2 Å². The van der Waals surface area contributed by atoms with Gasteiger partial charge in [0.2, 0.25) is 10.0 Å². The number of halogens is 1. The number of rotatable bonds is 6. The molecule has 0 spiro atoms. The molecule has 0 radical (unpaired) electrons. The Hall–Kier alpha value is -2.00. The first-order valence-electron chi connectivity index (χ1n) is 8.60. The summed E-state index contributed by atoms with van der Waals surface area (Å²) >= 11 is 0. The minimum Gasteiger partial charge on any atom is -0.497 e. The molecule has 154 valence electrons. The van der Waals surface area contributed by atoms with Crippen LogP contribution < -0.4 is 19.5 Å². The molecule has 2 aromatic carbocycles. The predicted octanol–water partition coefficient (Wildman–Crippen LogP) is 2.47. The molecule has 3 rings (SSSR count). The van der Waals surface area contributed by atoms with E-state index < -0.39 is 16.1 Å². The van der Waals surface area contributed by atoms with Gasteiger partial charge in [-0.1, -0.05) is 18.2 Å². The van der Waals surface area contributed by atoms with Crippen molar-refractivity contribution in [2.75, 3.05) is 41.0 Å². The molecule has 0 aromatic heterocycles. The molecule has 1 atom stereocenters. The maximum Gasteiger partial charge on any atom is 0.247 e. The zero-order valence-electron chi connectivity index (χ0n) is 16.0. The Morgan fingerprint density at radius 3 is 2.39 bits per heavy atom. The molecule has 1 saturated heterocycles. The Bertz CT molecular complexity index is 907. The number of hydrogen-bond donors (Lipinski definition) is 1. The van der Waals surface area contributed by atoms with Crippen molar-refractivity contribution in [3.63, 3.8) is 0 Å². The summed E-state index contributed by atoms with van der Waals surface area (Å²) in [7, 11) is 0.711. The van der Waals surface area contributed by atoms with Crippen LogP contribution in [0.5, 0.6) is 17.2 Å². The van der Waals surface area contributed by atoms with Crippen LogP contribution in [-0.4, -0.2) is 53.7 Å². The van der Waals surface area contributed by atoms with Gasteiger partial charge in [0.15, 0.2) is 0 Å². The third-order valence-corrected chi connectivity index (χ3v) is 6.58. The molecule has 1 fully saturated rings. The summed E-state index contributed by atoms with van der Waals surface area (Å²) in [6, 6.07) is 11.8. The number of benzene rings is 2. The van der Waals surface area contributed by atoms with Crippen molar-refractivity contribution in [1.29, 1.82) is 0 Å². The number of ether oxygens (including phenoxy) is 3. The summed E-state index contributed by atoms with van der Waals surface area (Å²) in [5.41, 5.74) is 0.817. The van der Waals surface area contributed by atoms with Crippen LogP contribution in [0, 0.1) is 0 Å². The van der Waals surface area contributed by atoms with Gasteiger partial charge in [-0.25, -0.2) is 8.42 Å². The van der Waals surface area contributed by atoms with Gasteiger partial charge in [-0.15, -0.1) is 12.4 Å². The molecule has 0 saturated carbocycles. The van der Waals surface area contributed by atoms with Crippen molar-refractivity contribution >= 4 is 22.4 Å². The number of methoxy groups -OCH3 is 3. The summed E-state index contributed by atoms with van der Waals surface area (Å²) in [5, 5.41) is 3.27. The van der Waals surface area contributed by atoms with E-state index in [1.807, 2.05) is 24.3 Å². The second kappa shape index (κ2) is 9.47. The lowest BCUT2D eigenvalue weighted by atomic mass is 10.0. The quantitative estimate of drug-likeness (QED) is 0.761. The van der Waals surface area contributed by atoms with E-state index in [0.717, 1.165) is 5.56 Å². The van der Waals surface area contributed by atoms with Gasteiger partial charge in [0.1, 0.15) is 22.1 Å². The zero-order chi connectivity index (χ0) is 19.4. The fraction of sp³-hybridized carbons (Fsp3) is 0.368. The SMILES string of the molecule is COc1ccc(OC)c(S(=O)(=O)N2CCNCC2c2ccccc2OC)c1.Cl. The van der Waals surface area contributed by atoms with E-state index >= 15 is 0 Å². The largest absolute Gasteiger partial charge is 0.497 e. The lowest BCUT2D eigenvalue weighted by Crippen LogP contribution is -2.48. The smallest absolute Gasteiger partial charge is 0.247 e. The summed E-state index contributed by atoms with van der Waals surface area (Å²) in [5.74, 6) is 1.40. The lowest BCUT2D eigenvalue weighted by Gasteiger charge is -2.36. The van der Waals surface area contributed by atoms with Crippen molar-refractivity contribution in [1.82, 2.24) is 9.62 Å². The van der Waals surface area contributed by atoms with Gasteiger partial charge in [-0.05, 0) is 18.2 Å². The topological polar surface area (TPSA) is 77.1 Å². The second-order valence-electron chi connectivity index (χ2n) is 6.09. The maximum absolute atomic E-state index is 13.5. The summed E-state index contributed by atoms with van der Waals surface area (Å²) < 4.78 is 44.6. The van der Waals surface area contributed by atoms with Gasteiger partial charge in [0, 0.05) is 31.3 Å². The van der Waals surface area contributed by atoms with Crippen molar-refractivity contribution in [3.8, 4) is 17.2 Å². The Kier molecular flexibility index (Phi) is 7.54. The molecule has 1 aliphatic heterocycles. The molecular weight excluding hydrogens is 404 g/mol. The molecule has 28 heavy (non-hydrogen) atoms. The summed E-state index contributed by atoms with van der Waals surface area (Å²) in [4.78, 5) is 0.0890. The Morgan fingerprint density at radius 1 is 1.00 bits per heavy atom. The summed E-state index contributed by atoms with van der Waals surface area (Å²) in [6.07, 6.45) is 0. The fourth-order valence-electron chi connectivity index (χ4n) is 3.29. The third kappa shape index (κ3) is 4.20. The third-order valence-electron chi connectivity index (χ3n) is 4.65. The van der Waals surface area contributed by atoms with Crippen LogP contribution in [-0.2, 0) is 10.0 Å². The fourth-order valence-corrected chi connectivity index (χ4v) is 5.07. The second-order valence-corrected chi connectivity index (χ2v) is 7.95. The minimum absolute atomic E-state index is 0. The van der Waals surface area contributed by atoms with Crippen molar-refractivity contribution < 1.29 is 22.6 Å². The monoisotopic (exact) mass is 428 g/mol. The number of para-hydroxylation sites is 1. The van der Waals surface area contributed by atoms with Crippen molar-refractivity contribution in [2.45, 2.75) is 10.9 Å². The average molecular weight is 429 g/mol. The highest BCUT2D eigenvalue weighted by atomic mass is 35.5. The maximum atomic E-state index is 13.5. The molecule has 1 N–H and O–H groups in total. The van der Waals surface area contributed by atoms with Crippen LogP contribution in [0.2, 0.25) is 0 Å². The van der Waals surface area contributed by atoms with Crippen LogP contribution >= 0.6 is 12.4 Å². The molecule has 1 unspecified atom stereocenters. The summed E-state index contributed by atoms with van der Waals surface area (Å²) in [6.45, 7) is 1.40. The molecule has 0 amide bonds. The van der Waals surface area contributed by atoms with E-state index in [-0.39, 0.29) is 23.1 Å². The number of hydrogen-bond acceptors (Lipinski definition) is 6. The van der Waals surface area contributed by atoms with Crippen LogP contribution in [0.1, 0.15) is 11.6 Å². The highest BCUT2D eigenvalue weighted by Crippen LogP contribution is 2.37. The van der Waals surface area contributed by atoms with Crippen LogP contribution in [0.4, 0.5) is 0 Å². The lowest BCUT2D eigenvalue weighted by molar-refractivity contribution is 0.263. The van der Waals surface area contributed by atoms with Crippen molar-refractivity contribution in [3.05, 3.63) is 48.0 Å². The molecule has 7 nitrogen and oxygen atoms in total. The predicted molar refractivity (Wildman–Crippen MR) is 109 cm³/mol. The van der Waals surface area contributed by atoms with Crippen LogP contribution in [0.3, 0.4) is 0 Å². The van der Waals surface area contributed by atoms with Crippen LogP contribution in [0.25, 0.3) is 0 Å². The number of sulfonamides is 1. The molecular formula is C19H25ClN2O5S. The molecule has 1 aliphatic rings. The highest BCUT2D eigenvalue weighted by Gasteiger charge is 2.37. The highest BCUT2D eigenvalue weighted by molar-refractivity contribution is 7.89. The van der Waals surface area contributed by atoms with Gasteiger partial charge >= 0.3 is 0 Å². The van der Waals surface area contributed by atoms with Gasteiger partial charge in [-0.3, -0.25) is 0 Å². The standard InChI is InChI=1S/C19H24N2O5S.ClH/c1-24-14-8-9-18(26-3)19(12-14)27(22,23)21-11-10-20-13-16(21)15-6-4-5-7-17(15)25-2;/h4-9,12,16,20H,10-11,13H2,1-3H3;1H. The number of nitrogens with zero attached hydrogens (tertiary/aromatic N) is 1. The Morgan fingerprint density at radius 2 is 1.71 bits per heavy atom. The Labute approximate surface area is 172 Å². The average Bonchev–Trinajstić information content (AvgIpc) is 2.73. The van der Waals surface area contributed by atoms with Crippen molar-refractivity contribution in [2.24, 2.45) is 0 Å². The van der Waals surface area contributed by atoms with Gasteiger partial charge < -0.3 is 19.5 Å². The first kappa shape index (κ1) is 22.3. The Balaban J connectivity index is 0.00000280. The minimum atomic E-state index is -3.83. The molecule has 1 heterocycles. The zero-order valence-corrected chi connectivity index (χ0v) is 17.7. The molecule has 0 aliphatic carbocycles. The van der Waals surface area contributed by atoms with E-state index in [1.54, 1.807) is 19.2 Å². The molecule has 2 aromatic rings. The first-order valence-corrected chi connectivity index (χ1v) is 10.0. The first-order chi connectivity index (χ1) is 13.0. The van der Waals surface area contributed by atoms with E-state index in [0.29, 0.717) is 31.1 Å². The van der Waals surface area contributed by atoms with Gasteiger partial charge in [0.05, 0.1) is 27.4 Å². The van der Waals surface area contributed by atoms with E-state index in [2.05, 4.69) is 5.32 Å².